The summed E-state index contributed by atoms with van der Waals surface area (Å²) < 4.78 is 28.9. The smallest absolute Gasteiger partial charge is 0.236 e. The van der Waals surface area contributed by atoms with E-state index in [-0.39, 0.29) is 35.6 Å². The van der Waals surface area contributed by atoms with Crippen molar-refractivity contribution >= 4 is 28.2 Å². The lowest BCUT2D eigenvalue weighted by atomic mass is 10.2. The van der Waals surface area contributed by atoms with Gasteiger partial charge in [0, 0.05) is 24.6 Å². The molecule has 25 heavy (non-hydrogen) atoms. The first-order valence-electron chi connectivity index (χ1n) is 7.22. The second-order valence-corrected chi connectivity index (χ2v) is 7.34. The van der Waals surface area contributed by atoms with Crippen molar-refractivity contribution in [2.45, 2.75) is 24.4 Å². The standard InChI is InChI=1S/C16H19N3O4S.ClH/c1-11(17)15(20)19-10-12-5-4-8-18-16(12)23-13-6-3-7-14(9-13)24(2,21)22;/h3-9,11H,10,17H2,1-2H3,(H,19,20);1H. The van der Waals surface area contributed by atoms with Gasteiger partial charge in [0.05, 0.1) is 10.9 Å². The van der Waals surface area contributed by atoms with Crippen LogP contribution in [0.15, 0.2) is 47.5 Å². The van der Waals surface area contributed by atoms with Crippen LogP contribution in [0.3, 0.4) is 0 Å². The molecular weight excluding hydrogens is 366 g/mol. The third-order valence-electron chi connectivity index (χ3n) is 3.16. The monoisotopic (exact) mass is 385 g/mol. The summed E-state index contributed by atoms with van der Waals surface area (Å²) in [6.07, 6.45) is 2.68. The number of rotatable bonds is 6. The molecule has 0 fully saturated rings. The van der Waals surface area contributed by atoms with Gasteiger partial charge in [-0.25, -0.2) is 13.4 Å². The van der Waals surface area contributed by atoms with Crippen molar-refractivity contribution in [1.29, 1.82) is 0 Å². The van der Waals surface area contributed by atoms with Gasteiger partial charge in [0.25, 0.3) is 0 Å². The van der Waals surface area contributed by atoms with Gasteiger partial charge in [-0.15, -0.1) is 12.4 Å². The van der Waals surface area contributed by atoms with Crippen LogP contribution >= 0.6 is 12.4 Å². The summed E-state index contributed by atoms with van der Waals surface area (Å²) in [5, 5.41) is 2.68. The van der Waals surface area contributed by atoms with E-state index >= 15 is 0 Å². The zero-order valence-corrected chi connectivity index (χ0v) is 15.4. The van der Waals surface area contributed by atoms with Crippen LogP contribution in [0.4, 0.5) is 0 Å². The highest BCUT2D eigenvalue weighted by atomic mass is 35.5. The Kier molecular flexibility index (Phi) is 7.35. The molecule has 7 nitrogen and oxygen atoms in total. The van der Waals surface area contributed by atoms with Crippen LogP contribution in [-0.2, 0) is 21.2 Å². The van der Waals surface area contributed by atoms with Gasteiger partial charge in [0.15, 0.2) is 9.84 Å². The molecule has 0 aliphatic rings. The molecule has 136 valence electrons. The Hall–Kier alpha value is -2.16. The maximum Gasteiger partial charge on any atom is 0.236 e. The molecule has 1 aromatic heterocycles. The lowest BCUT2D eigenvalue weighted by molar-refractivity contribution is -0.122. The molecule has 0 saturated heterocycles. The largest absolute Gasteiger partial charge is 0.439 e. The Morgan fingerprint density at radius 3 is 2.68 bits per heavy atom. The maximum absolute atomic E-state index is 11.6. The van der Waals surface area contributed by atoms with Crippen molar-refractivity contribution in [3.05, 3.63) is 48.2 Å². The van der Waals surface area contributed by atoms with Crippen LogP contribution in [0.2, 0.25) is 0 Å². The molecule has 1 unspecified atom stereocenters. The van der Waals surface area contributed by atoms with Crippen LogP contribution in [0.1, 0.15) is 12.5 Å². The third-order valence-corrected chi connectivity index (χ3v) is 4.28. The van der Waals surface area contributed by atoms with Gasteiger partial charge in [-0.2, -0.15) is 0 Å². The molecule has 0 spiro atoms. The lowest BCUT2D eigenvalue weighted by Gasteiger charge is -2.12. The number of hydrogen-bond donors (Lipinski definition) is 2. The highest BCUT2D eigenvalue weighted by Crippen LogP contribution is 2.25. The zero-order valence-electron chi connectivity index (χ0n) is 13.8. The van der Waals surface area contributed by atoms with Gasteiger partial charge in [-0.1, -0.05) is 12.1 Å². The summed E-state index contributed by atoms with van der Waals surface area (Å²) >= 11 is 0. The molecule has 0 aliphatic heterocycles. The molecule has 0 aliphatic carbocycles. The number of amides is 1. The van der Waals surface area contributed by atoms with Crippen molar-refractivity contribution in [2.75, 3.05) is 6.26 Å². The van der Waals surface area contributed by atoms with E-state index in [1.165, 1.54) is 12.1 Å². The fourth-order valence-corrected chi connectivity index (χ4v) is 2.53. The minimum atomic E-state index is -3.33. The van der Waals surface area contributed by atoms with E-state index in [9.17, 15) is 13.2 Å². The second kappa shape index (κ2) is 8.80. The predicted octanol–water partition coefficient (Wildman–Crippen LogP) is 1.66. The number of hydrogen-bond acceptors (Lipinski definition) is 6. The first kappa shape index (κ1) is 20.9. The Morgan fingerprint density at radius 1 is 1.32 bits per heavy atom. The summed E-state index contributed by atoms with van der Waals surface area (Å²) in [7, 11) is -3.33. The normalized spacial score (nSPS) is 12.0. The van der Waals surface area contributed by atoms with E-state index < -0.39 is 15.9 Å². The van der Waals surface area contributed by atoms with Crippen LogP contribution in [0, 0.1) is 0 Å². The minimum absolute atomic E-state index is 0. The van der Waals surface area contributed by atoms with Crippen molar-refractivity contribution in [2.24, 2.45) is 5.73 Å². The van der Waals surface area contributed by atoms with E-state index in [0.29, 0.717) is 11.3 Å². The summed E-state index contributed by atoms with van der Waals surface area (Å²) in [5.41, 5.74) is 6.15. The molecular formula is C16H20ClN3O4S. The number of ether oxygens (including phenoxy) is 1. The summed E-state index contributed by atoms with van der Waals surface area (Å²) in [6, 6.07) is 8.99. The van der Waals surface area contributed by atoms with E-state index in [4.69, 9.17) is 10.5 Å². The number of nitrogens with zero attached hydrogens (tertiary/aromatic N) is 1. The van der Waals surface area contributed by atoms with E-state index in [1.54, 1.807) is 37.4 Å². The molecule has 1 aromatic carbocycles. The van der Waals surface area contributed by atoms with Crippen molar-refractivity contribution in [1.82, 2.24) is 10.3 Å². The zero-order chi connectivity index (χ0) is 17.7. The fourth-order valence-electron chi connectivity index (χ4n) is 1.87. The quantitative estimate of drug-likeness (QED) is 0.782. The maximum atomic E-state index is 11.6. The molecule has 9 heteroatoms. The van der Waals surface area contributed by atoms with Crippen molar-refractivity contribution in [3.8, 4) is 11.6 Å². The number of nitrogens with one attached hydrogen (secondary N) is 1. The van der Waals surface area contributed by atoms with E-state index in [1.807, 2.05) is 0 Å². The number of sulfone groups is 1. The summed E-state index contributed by atoms with van der Waals surface area (Å²) in [4.78, 5) is 15.9. The van der Waals surface area contributed by atoms with Gasteiger partial charge < -0.3 is 15.8 Å². The van der Waals surface area contributed by atoms with Crippen molar-refractivity contribution < 1.29 is 17.9 Å². The molecule has 2 aromatic rings. The highest BCUT2D eigenvalue weighted by molar-refractivity contribution is 7.90. The Bertz CT molecular complexity index is 841. The highest BCUT2D eigenvalue weighted by Gasteiger charge is 2.12. The molecule has 2 rings (SSSR count). The molecule has 0 radical (unpaired) electrons. The first-order chi connectivity index (χ1) is 11.3. The predicted molar refractivity (Wildman–Crippen MR) is 96.6 cm³/mol. The molecule has 0 saturated carbocycles. The van der Waals surface area contributed by atoms with Crippen LogP contribution < -0.4 is 15.8 Å². The number of aromatic nitrogens is 1. The van der Waals surface area contributed by atoms with Gasteiger partial charge in [0.2, 0.25) is 11.8 Å². The van der Waals surface area contributed by atoms with Gasteiger partial charge in [-0.3, -0.25) is 4.79 Å². The SMILES string of the molecule is CC(N)C(=O)NCc1cccnc1Oc1cccc(S(C)(=O)=O)c1.Cl. The first-order valence-corrected chi connectivity index (χ1v) is 9.11. The van der Waals surface area contributed by atoms with Gasteiger partial charge >= 0.3 is 0 Å². The van der Waals surface area contributed by atoms with Gasteiger partial charge in [0.1, 0.15) is 5.75 Å². The number of carbonyl (C=O) groups excluding carboxylic acids is 1. The van der Waals surface area contributed by atoms with E-state index in [0.717, 1.165) is 6.26 Å². The van der Waals surface area contributed by atoms with E-state index in [2.05, 4.69) is 10.3 Å². The average Bonchev–Trinajstić information content (AvgIpc) is 2.53. The Balaban J connectivity index is 0.00000312. The summed E-state index contributed by atoms with van der Waals surface area (Å²) in [5.74, 6) is 0.341. The number of benzene rings is 1. The van der Waals surface area contributed by atoms with Crippen LogP contribution in [0.25, 0.3) is 0 Å². The second-order valence-electron chi connectivity index (χ2n) is 5.32. The third kappa shape index (κ3) is 6.00. The van der Waals surface area contributed by atoms with Gasteiger partial charge in [-0.05, 0) is 31.2 Å². The molecule has 1 amide bonds. The Labute approximate surface area is 152 Å². The topological polar surface area (TPSA) is 111 Å². The molecule has 3 N–H and O–H groups in total. The van der Waals surface area contributed by atoms with Crippen molar-refractivity contribution in [3.63, 3.8) is 0 Å². The average molecular weight is 386 g/mol. The number of pyridine rings is 1. The minimum Gasteiger partial charge on any atom is -0.439 e. The molecule has 1 atom stereocenters. The van der Waals surface area contributed by atoms with Crippen LogP contribution in [-0.4, -0.2) is 31.6 Å². The number of nitrogens with two attached hydrogens (primary N) is 1. The molecule has 0 bridgehead atoms. The number of halogens is 1. The lowest BCUT2D eigenvalue weighted by Crippen LogP contribution is -2.37. The fraction of sp³-hybridized carbons (Fsp3) is 0.250. The van der Waals surface area contributed by atoms with Crippen LogP contribution in [0.5, 0.6) is 11.6 Å². The summed E-state index contributed by atoms with van der Waals surface area (Å²) in [6.45, 7) is 1.79. The molecule has 1 heterocycles. The Morgan fingerprint density at radius 2 is 2.04 bits per heavy atom. The number of carbonyl (C=O) groups is 1.